The van der Waals surface area contributed by atoms with E-state index in [-0.39, 0.29) is 6.04 Å². The van der Waals surface area contributed by atoms with Gasteiger partial charge in [-0.05, 0) is 35.5 Å². The number of thioether (sulfide) groups is 1. The van der Waals surface area contributed by atoms with Gasteiger partial charge in [-0.15, -0.1) is 0 Å². The summed E-state index contributed by atoms with van der Waals surface area (Å²) in [6.07, 6.45) is 0.902. The number of halogens is 1. The Bertz CT molecular complexity index is 353. The van der Waals surface area contributed by atoms with Crippen molar-refractivity contribution in [2.24, 2.45) is 5.84 Å². The van der Waals surface area contributed by atoms with Crippen molar-refractivity contribution < 1.29 is 0 Å². The number of hydrogen-bond acceptors (Lipinski definition) is 4. The number of nitrogens with one attached hydrogen (secondary N) is 1. The third-order valence-corrected chi connectivity index (χ3v) is 4.73. The molecule has 1 atom stereocenters. The molecule has 1 unspecified atom stereocenters. The maximum Gasteiger partial charge on any atom is 0.0738 e. The van der Waals surface area contributed by atoms with Crippen LogP contribution in [-0.4, -0.2) is 27.3 Å². The van der Waals surface area contributed by atoms with E-state index in [1.165, 1.54) is 5.69 Å². The summed E-state index contributed by atoms with van der Waals surface area (Å²) < 4.78 is 3.15. The van der Waals surface area contributed by atoms with E-state index in [9.17, 15) is 0 Å². The van der Waals surface area contributed by atoms with Gasteiger partial charge < -0.3 is 0 Å². The summed E-state index contributed by atoms with van der Waals surface area (Å²) in [4.78, 5) is 0. The van der Waals surface area contributed by atoms with E-state index in [0.717, 1.165) is 34.6 Å². The van der Waals surface area contributed by atoms with Gasteiger partial charge in [0.1, 0.15) is 0 Å². The molecule has 0 saturated carbocycles. The van der Waals surface area contributed by atoms with E-state index in [0.29, 0.717) is 0 Å². The molecule has 4 nitrogen and oxygen atoms in total. The molecule has 0 amide bonds. The third-order valence-electron chi connectivity index (χ3n) is 2.65. The fourth-order valence-electron chi connectivity index (χ4n) is 1.72. The molecule has 1 heterocycles. The van der Waals surface area contributed by atoms with Crippen LogP contribution in [0.15, 0.2) is 4.47 Å². The number of aryl methyl sites for hydroxylation is 2. The van der Waals surface area contributed by atoms with Crippen molar-refractivity contribution >= 4 is 27.7 Å². The summed E-state index contributed by atoms with van der Waals surface area (Å²) in [5.41, 5.74) is 5.16. The molecule has 1 aromatic rings. The van der Waals surface area contributed by atoms with Crippen LogP contribution in [0.5, 0.6) is 0 Å². The van der Waals surface area contributed by atoms with Crippen LogP contribution in [0.2, 0.25) is 0 Å². The lowest BCUT2D eigenvalue weighted by Crippen LogP contribution is -2.39. The average Bonchev–Trinajstić information content (AvgIpc) is 2.61. The summed E-state index contributed by atoms with van der Waals surface area (Å²) in [7, 11) is 0. The minimum Gasteiger partial charge on any atom is -0.271 e. The fourth-order valence-corrected chi connectivity index (χ4v) is 2.90. The van der Waals surface area contributed by atoms with E-state index in [4.69, 9.17) is 5.84 Å². The van der Waals surface area contributed by atoms with Crippen molar-refractivity contribution in [3.05, 3.63) is 15.9 Å². The second kappa shape index (κ2) is 7.41. The predicted molar refractivity (Wildman–Crippen MR) is 78.2 cm³/mol. The summed E-state index contributed by atoms with van der Waals surface area (Å²) in [5, 5.41) is 4.49. The monoisotopic (exact) mass is 320 g/mol. The molecular weight excluding hydrogens is 300 g/mol. The van der Waals surface area contributed by atoms with Gasteiger partial charge in [0.2, 0.25) is 0 Å². The maximum atomic E-state index is 5.60. The lowest BCUT2D eigenvalue weighted by Gasteiger charge is -2.16. The Balaban J connectivity index is 2.77. The Kier molecular flexibility index (Phi) is 6.54. The van der Waals surface area contributed by atoms with Crippen molar-refractivity contribution in [3.63, 3.8) is 0 Å². The van der Waals surface area contributed by atoms with E-state index in [1.807, 2.05) is 23.4 Å². The number of hydrazine groups is 1. The zero-order valence-corrected chi connectivity index (χ0v) is 13.1. The third kappa shape index (κ3) is 3.98. The van der Waals surface area contributed by atoms with Gasteiger partial charge in [0.25, 0.3) is 0 Å². The minimum atomic E-state index is 0.289. The molecule has 6 heteroatoms. The standard InChI is InChI=1S/C11H21BrN4S/c1-4-16-10(11(12)8(3)15-16)6-9(14-13)7-17-5-2/h9,14H,4-7,13H2,1-3H3. The molecule has 17 heavy (non-hydrogen) atoms. The molecule has 98 valence electrons. The molecule has 0 aliphatic carbocycles. The molecule has 0 aliphatic rings. The number of nitrogens with zero attached hydrogens (tertiary/aromatic N) is 2. The van der Waals surface area contributed by atoms with Crippen LogP contribution in [0.1, 0.15) is 25.2 Å². The first-order chi connectivity index (χ1) is 8.13. The summed E-state index contributed by atoms with van der Waals surface area (Å²) >= 11 is 5.51. The molecule has 3 N–H and O–H groups in total. The largest absolute Gasteiger partial charge is 0.271 e. The second-order valence-corrected chi connectivity index (χ2v) is 6.00. The van der Waals surface area contributed by atoms with Gasteiger partial charge in [-0.25, -0.2) is 0 Å². The minimum absolute atomic E-state index is 0.289. The van der Waals surface area contributed by atoms with Crippen molar-refractivity contribution in [2.75, 3.05) is 11.5 Å². The van der Waals surface area contributed by atoms with Gasteiger partial charge in [-0.1, -0.05) is 6.92 Å². The van der Waals surface area contributed by atoms with Crippen LogP contribution in [0.3, 0.4) is 0 Å². The Morgan fingerprint density at radius 1 is 1.53 bits per heavy atom. The molecule has 0 radical (unpaired) electrons. The molecule has 1 rings (SSSR count). The Morgan fingerprint density at radius 2 is 2.24 bits per heavy atom. The van der Waals surface area contributed by atoms with Gasteiger partial charge in [0.05, 0.1) is 15.9 Å². The first kappa shape index (κ1) is 15.0. The van der Waals surface area contributed by atoms with Crippen LogP contribution >= 0.6 is 27.7 Å². The van der Waals surface area contributed by atoms with Crippen molar-refractivity contribution in [1.29, 1.82) is 0 Å². The number of rotatable bonds is 7. The van der Waals surface area contributed by atoms with Gasteiger partial charge in [-0.3, -0.25) is 16.0 Å². The zero-order chi connectivity index (χ0) is 12.8. The summed E-state index contributed by atoms with van der Waals surface area (Å²) in [6, 6.07) is 0.289. The lowest BCUT2D eigenvalue weighted by molar-refractivity contribution is 0.533. The van der Waals surface area contributed by atoms with Crippen LogP contribution in [-0.2, 0) is 13.0 Å². The van der Waals surface area contributed by atoms with Crippen molar-refractivity contribution in [2.45, 2.75) is 39.8 Å². The quantitative estimate of drug-likeness (QED) is 0.596. The first-order valence-electron chi connectivity index (χ1n) is 5.89. The smallest absolute Gasteiger partial charge is 0.0738 e. The SMILES string of the molecule is CCSCC(Cc1c(Br)c(C)nn1CC)NN. The highest BCUT2D eigenvalue weighted by atomic mass is 79.9. The molecular formula is C11H21BrN4S. The lowest BCUT2D eigenvalue weighted by atomic mass is 10.2. The molecule has 0 saturated heterocycles. The number of hydrogen-bond donors (Lipinski definition) is 2. The van der Waals surface area contributed by atoms with E-state index in [2.05, 4.69) is 40.3 Å². The number of aromatic nitrogens is 2. The molecule has 0 aliphatic heterocycles. The fraction of sp³-hybridized carbons (Fsp3) is 0.727. The Morgan fingerprint density at radius 3 is 2.76 bits per heavy atom. The highest BCUT2D eigenvalue weighted by molar-refractivity contribution is 9.10. The van der Waals surface area contributed by atoms with Crippen LogP contribution in [0.4, 0.5) is 0 Å². The van der Waals surface area contributed by atoms with E-state index >= 15 is 0 Å². The Hall–Kier alpha value is -0.0400. The van der Waals surface area contributed by atoms with Gasteiger partial charge in [0, 0.05) is 24.8 Å². The normalized spacial score (nSPS) is 13.0. The van der Waals surface area contributed by atoms with Gasteiger partial charge in [-0.2, -0.15) is 16.9 Å². The van der Waals surface area contributed by atoms with Crippen LogP contribution < -0.4 is 11.3 Å². The highest BCUT2D eigenvalue weighted by Crippen LogP contribution is 2.22. The second-order valence-electron chi connectivity index (χ2n) is 3.89. The molecule has 0 bridgehead atoms. The molecule has 1 aromatic heterocycles. The van der Waals surface area contributed by atoms with E-state index < -0.39 is 0 Å². The van der Waals surface area contributed by atoms with Gasteiger partial charge >= 0.3 is 0 Å². The van der Waals surface area contributed by atoms with Crippen molar-refractivity contribution in [3.8, 4) is 0 Å². The molecule has 0 fully saturated rings. The van der Waals surface area contributed by atoms with Gasteiger partial charge in [0.15, 0.2) is 0 Å². The predicted octanol–water partition coefficient (Wildman–Crippen LogP) is 2.10. The molecule has 0 aromatic carbocycles. The molecule has 0 spiro atoms. The van der Waals surface area contributed by atoms with Crippen LogP contribution in [0, 0.1) is 6.92 Å². The van der Waals surface area contributed by atoms with Crippen molar-refractivity contribution in [1.82, 2.24) is 15.2 Å². The Labute approximate surface area is 116 Å². The zero-order valence-electron chi connectivity index (χ0n) is 10.7. The van der Waals surface area contributed by atoms with Crippen LogP contribution in [0.25, 0.3) is 0 Å². The summed E-state index contributed by atoms with van der Waals surface area (Å²) in [5.74, 6) is 7.74. The average molecular weight is 321 g/mol. The van der Waals surface area contributed by atoms with E-state index in [1.54, 1.807) is 0 Å². The summed E-state index contributed by atoms with van der Waals surface area (Å²) in [6.45, 7) is 7.17. The maximum absolute atomic E-state index is 5.60. The topological polar surface area (TPSA) is 55.9 Å². The highest BCUT2D eigenvalue weighted by Gasteiger charge is 2.16. The number of nitrogens with two attached hydrogens (primary N) is 1. The first-order valence-corrected chi connectivity index (χ1v) is 7.84.